The van der Waals surface area contributed by atoms with Crippen molar-refractivity contribution in [3.8, 4) is 22.8 Å². The minimum atomic E-state index is -1.41. The molecule has 2 heterocycles. The number of amides is 2. The molecule has 35 heavy (non-hydrogen) atoms. The number of anilines is 1. The molecule has 0 aliphatic carbocycles. The van der Waals surface area contributed by atoms with E-state index in [4.69, 9.17) is 14.9 Å². The topological polar surface area (TPSA) is 184 Å². The molecule has 0 saturated heterocycles. The Labute approximate surface area is 200 Å². The van der Waals surface area contributed by atoms with E-state index in [1.165, 1.54) is 19.3 Å². The van der Waals surface area contributed by atoms with Crippen molar-refractivity contribution in [1.82, 2.24) is 20.3 Å². The van der Waals surface area contributed by atoms with Crippen LogP contribution in [0.25, 0.3) is 22.4 Å². The number of carboxylic acid groups (broad SMARTS) is 2. The number of nitrogens with zero attached hydrogens (tertiary/aromatic N) is 3. The maximum absolute atomic E-state index is 11.6. The number of methoxy groups -OCH3 is 1. The lowest BCUT2D eigenvalue weighted by Gasteiger charge is -2.08. The first kappa shape index (κ1) is 26.5. The molecule has 0 saturated carbocycles. The highest BCUT2D eigenvalue weighted by molar-refractivity contribution is 5.95. The fourth-order valence-electron chi connectivity index (χ4n) is 2.73. The van der Waals surface area contributed by atoms with Gasteiger partial charge in [-0.2, -0.15) is 0 Å². The molecule has 0 radical (unpaired) electrons. The SMILES string of the molecule is CC=CC(C(=O)O)C(=O)O.CCNC(=O)Nc1ccc2ncc(-c3ccc(O)c(OC)c3)nc2n1. The molecule has 0 bridgehead atoms. The van der Waals surface area contributed by atoms with Crippen LogP contribution >= 0.6 is 0 Å². The molecule has 2 amide bonds. The standard InChI is InChI=1S/C17H17N5O3.C6H8O4/c1-3-18-17(24)22-15-7-5-11-16(21-15)20-12(9-19-11)10-4-6-13(23)14(8-10)25-2;1-2-3-4(5(7)8)6(9)10/h4-9,23H,3H2,1-2H3,(H2,18,20,21,22,24);2-4H,1H3,(H,7,8)(H,9,10). The Morgan fingerprint density at radius 2 is 1.83 bits per heavy atom. The lowest BCUT2D eigenvalue weighted by Crippen LogP contribution is -2.28. The summed E-state index contributed by atoms with van der Waals surface area (Å²) in [7, 11) is 1.48. The van der Waals surface area contributed by atoms with Crippen LogP contribution in [0.5, 0.6) is 11.5 Å². The minimum absolute atomic E-state index is 0.0477. The number of pyridine rings is 1. The van der Waals surface area contributed by atoms with E-state index in [1.54, 1.807) is 37.4 Å². The van der Waals surface area contributed by atoms with Crippen LogP contribution in [0.1, 0.15) is 13.8 Å². The summed E-state index contributed by atoms with van der Waals surface area (Å²) in [5, 5.41) is 31.5. The molecule has 0 aliphatic rings. The number of benzene rings is 1. The Morgan fingerprint density at radius 3 is 2.40 bits per heavy atom. The highest BCUT2D eigenvalue weighted by Gasteiger charge is 2.21. The van der Waals surface area contributed by atoms with Gasteiger partial charge in [0.2, 0.25) is 0 Å². The van der Waals surface area contributed by atoms with Crippen LogP contribution in [0.15, 0.2) is 48.7 Å². The Morgan fingerprint density at radius 1 is 1.11 bits per heavy atom. The van der Waals surface area contributed by atoms with Gasteiger partial charge >= 0.3 is 18.0 Å². The molecule has 0 unspecified atom stereocenters. The van der Waals surface area contributed by atoms with Gasteiger partial charge in [-0.15, -0.1) is 0 Å². The molecule has 3 aromatic rings. The molecule has 3 rings (SSSR count). The van der Waals surface area contributed by atoms with Crippen molar-refractivity contribution >= 4 is 35.0 Å². The van der Waals surface area contributed by atoms with Crippen molar-refractivity contribution in [2.75, 3.05) is 19.0 Å². The predicted octanol–water partition coefficient (Wildman–Crippen LogP) is 2.90. The van der Waals surface area contributed by atoms with Crippen LogP contribution in [0, 0.1) is 5.92 Å². The number of aromatic nitrogens is 3. The van der Waals surface area contributed by atoms with Crippen molar-refractivity contribution in [3.63, 3.8) is 0 Å². The molecule has 2 aromatic heterocycles. The zero-order valence-electron chi connectivity index (χ0n) is 19.2. The maximum Gasteiger partial charge on any atom is 0.321 e. The first-order chi connectivity index (χ1) is 16.7. The van der Waals surface area contributed by atoms with E-state index in [9.17, 15) is 19.5 Å². The molecule has 12 nitrogen and oxygen atoms in total. The minimum Gasteiger partial charge on any atom is -0.504 e. The third-order valence-electron chi connectivity index (χ3n) is 4.38. The van der Waals surface area contributed by atoms with Gasteiger partial charge in [0.1, 0.15) is 11.3 Å². The van der Waals surface area contributed by atoms with E-state index in [-0.39, 0.29) is 11.8 Å². The molecule has 0 aliphatic heterocycles. The van der Waals surface area contributed by atoms with Crippen molar-refractivity contribution in [2.24, 2.45) is 5.92 Å². The van der Waals surface area contributed by atoms with Crippen molar-refractivity contribution in [1.29, 1.82) is 0 Å². The summed E-state index contributed by atoms with van der Waals surface area (Å²) >= 11 is 0. The average Bonchev–Trinajstić information content (AvgIpc) is 2.82. The van der Waals surface area contributed by atoms with Gasteiger partial charge in [-0.1, -0.05) is 12.2 Å². The Bertz CT molecular complexity index is 1230. The number of phenols is 1. The molecule has 0 spiro atoms. The Kier molecular flexibility index (Phi) is 9.46. The highest BCUT2D eigenvalue weighted by atomic mass is 16.5. The number of ether oxygens (including phenoxy) is 1. The zero-order valence-corrected chi connectivity index (χ0v) is 19.2. The van der Waals surface area contributed by atoms with Crippen LogP contribution in [0.2, 0.25) is 0 Å². The average molecular weight is 483 g/mol. The number of hydrogen-bond donors (Lipinski definition) is 5. The van der Waals surface area contributed by atoms with Crippen LogP contribution in [-0.4, -0.2) is 61.9 Å². The number of urea groups is 1. The zero-order chi connectivity index (χ0) is 26.0. The second kappa shape index (κ2) is 12.5. The molecular weight excluding hydrogens is 458 g/mol. The summed E-state index contributed by atoms with van der Waals surface area (Å²) in [5.74, 6) is -3.32. The van der Waals surface area contributed by atoms with Gasteiger partial charge in [0.05, 0.1) is 19.0 Å². The Hall–Kier alpha value is -4.74. The van der Waals surface area contributed by atoms with E-state index >= 15 is 0 Å². The van der Waals surface area contributed by atoms with E-state index in [0.717, 1.165) is 11.6 Å². The summed E-state index contributed by atoms with van der Waals surface area (Å²) in [4.78, 5) is 44.9. The number of carbonyl (C=O) groups excluding carboxylic acids is 1. The number of aromatic hydroxyl groups is 1. The first-order valence-electron chi connectivity index (χ1n) is 10.3. The highest BCUT2D eigenvalue weighted by Crippen LogP contribution is 2.30. The van der Waals surface area contributed by atoms with Gasteiger partial charge in [-0.25, -0.2) is 14.8 Å². The fourth-order valence-corrected chi connectivity index (χ4v) is 2.73. The predicted molar refractivity (Wildman–Crippen MR) is 127 cm³/mol. The number of carbonyl (C=O) groups is 3. The van der Waals surface area contributed by atoms with E-state index in [1.807, 2.05) is 6.92 Å². The number of nitrogens with one attached hydrogen (secondary N) is 2. The van der Waals surface area contributed by atoms with E-state index in [2.05, 4.69) is 25.6 Å². The third-order valence-corrected chi connectivity index (χ3v) is 4.38. The van der Waals surface area contributed by atoms with Crippen molar-refractivity contribution in [3.05, 3.63) is 48.7 Å². The lowest BCUT2D eigenvalue weighted by molar-refractivity contribution is -0.151. The number of rotatable bonds is 7. The van der Waals surface area contributed by atoms with Gasteiger partial charge in [0.25, 0.3) is 0 Å². The maximum atomic E-state index is 11.6. The van der Waals surface area contributed by atoms with Gasteiger partial charge in [0, 0.05) is 12.1 Å². The third kappa shape index (κ3) is 7.39. The number of hydrogen-bond acceptors (Lipinski definition) is 8. The van der Waals surface area contributed by atoms with Gasteiger partial charge in [0.15, 0.2) is 23.1 Å². The smallest absolute Gasteiger partial charge is 0.321 e. The monoisotopic (exact) mass is 483 g/mol. The lowest BCUT2D eigenvalue weighted by atomic mass is 10.1. The quantitative estimate of drug-likeness (QED) is 0.247. The Balaban J connectivity index is 0.000000367. The van der Waals surface area contributed by atoms with Crippen LogP contribution in [0.4, 0.5) is 10.6 Å². The number of fused-ring (bicyclic) bond motifs is 1. The molecule has 184 valence electrons. The second-order valence-electron chi connectivity index (χ2n) is 6.85. The molecule has 1 aromatic carbocycles. The van der Waals surface area contributed by atoms with Gasteiger partial charge < -0.3 is 25.4 Å². The number of phenolic OH excluding ortho intramolecular Hbond substituents is 1. The molecule has 0 atom stereocenters. The first-order valence-corrected chi connectivity index (χ1v) is 10.3. The second-order valence-corrected chi connectivity index (χ2v) is 6.85. The molecule has 5 N–H and O–H groups in total. The van der Waals surface area contributed by atoms with Gasteiger partial charge in [-0.3, -0.25) is 19.9 Å². The van der Waals surface area contributed by atoms with Crippen LogP contribution in [-0.2, 0) is 9.59 Å². The molecule has 12 heteroatoms. The van der Waals surface area contributed by atoms with Gasteiger partial charge in [-0.05, 0) is 44.2 Å². The molecule has 0 fully saturated rings. The summed E-state index contributed by atoms with van der Waals surface area (Å²) in [6, 6.07) is 7.97. The van der Waals surface area contributed by atoms with E-state index < -0.39 is 17.9 Å². The summed E-state index contributed by atoms with van der Waals surface area (Å²) in [6.45, 7) is 3.92. The summed E-state index contributed by atoms with van der Waals surface area (Å²) < 4.78 is 5.11. The fraction of sp³-hybridized carbons (Fsp3) is 0.217. The number of carboxylic acids is 2. The molecular formula is C23H25N5O7. The normalized spacial score (nSPS) is 10.5. The van der Waals surface area contributed by atoms with Crippen LogP contribution < -0.4 is 15.4 Å². The summed E-state index contributed by atoms with van der Waals surface area (Å²) in [6.07, 6.45) is 4.13. The number of allylic oxidation sites excluding steroid dienone is 1. The van der Waals surface area contributed by atoms with Crippen molar-refractivity contribution in [2.45, 2.75) is 13.8 Å². The van der Waals surface area contributed by atoms with E-state index in [0.29, 0.717) is 35.0 Å². The summed E-state index contributed by atoms with van der Waals surface area (Å²) in [5.41, 5.74) is 2.32. The number of aliphatic carboxylic acids is 2. The van der Waals surface area contributed by atoms with Crippen LogP contribution in [0.3, 0.4) is 0 Å². The van der Waals surface area contributed by atoms with Crippen molar-refractivity contribution < 1.29 is 34.4 Å². The largest absolute Gasteiger partial charge is 0.504 e.